The second-order valence-electron chi connectivity index (χ2n) is 0.982. The van der Waals surface area contributed by atoms with Crippen molar-refractivity contribution in [2.45, 2.75) is 0 Å². The zero-order valence-electron chi connectivity index (χ0n) is 7.69. The minimum atomic E-state index is -5.14. The summed E-state index contributed by atoms with van der Waals surface area (Å²) in [6.45, 7) is 0. The van der Waals surface area contributed by atoms with Crippen LogP contribution in [0.3, 0.4) is 0 Å². The van der Waals surface area contributed by atoms with Crippen molar-refractivity contribution >= 4 is 15.6 Å². The Morgan fingerprint density at radius 1 is 0.857 bits per heavy atom. The topological polar surface area (TPSA) is 161 Å². The minimum absolute atomic E-state index is 0. The molecule has 0 rings (SSSR count). The van der Waals surface area contributed by atoms with Crippen molar-refractivity contribution in [1.29, 1.82) is 0 Å². The number of phosphoric acid groups is 2. The van der Waals surface area contributed by atoms with E-state index in [2.05, 4.69) is 0 Å². The number of halogens is 1. The first kappa shape index (κ1) is 36.2. The van der Waals surface area contributed by atoms with Crippen LogP contribution in [0.1, 0.15) is 0 Å². The fourth-order valence-corrected chi connectivity index (χ4v) is 0. The van der Waals surface area contributed by atoms with Crippen LogP contribution in [0.4, 0.5) is 0 Å². The SMILES string of the molecule is O=P(O)(O)O.O=P([O-])([O-])O.[Cl-].[K+].[Na+].[Na+]. The van der Waals surface area contributed by atoms with E-state index in [1.807, 2.05) is 0 Å². The molecule has 0 spiro atoms. The summed E-state index contributed by atoms with van der Waals surface area (Å²) < 4.78 is 17.5. The molecule has 72 valence electrons. The monoisotopic (exact) mass is 314 g/mol. The Labute approximate surface area is 173 Å². The summed E-state index contributed by atoms with van der Waals surface area (Å²) in [7, 11) is -9.78. The molecule has 0 radical (unpaired) electrons. The third-order valence-corrected chi connectivity index (χ3v) is 0. The summed E-state index contributed by atoms with van der Waals surface area (Å²) in [4.78, 5) is 45.8. The Bertz CT molecular complexity index is 138. The molecule has 0 bridgehead atoms. The molecule has 0 aliphatic heterocycles. The van der Waals surface area contributed by atoms with Crippen LogP contribution in [-0.2, 0) is 9.13 Å². The summed E-state index contributed by atoms with van der Waals surface area (Å²) in [6.07, 6.45) is 0. The van der Waals surface area contributed by atoms with Gasteiger partial charge < -0.3 is 46.3 Å². The average molecular weight is 315 g/mol. The van der Waals surface area contributed by atoms with Gasteiger partial charge in [-0.1, -0.05) is 0 Å². The Kier molecular flexibility index (Phi) is 44.3. The van der Waals surface area contributed by atoms with E-state index < -0.39 is 15.6 Å². The number of rotatable bonds is 0. The first-order chi connectivity index (χ1) is 4.00. The van der Waals surface area contributed by atoms with Crippen LogP contribution < -0.4 is 133 Å². The summed E-state index contributed by atoms with van der Waals surface area (Å²) in [5, 5.41) is 0. The zero-order valence-corrected chi connectivity index (χ0v) is 17.4. The first-order valence-electron chi connectivity index (χ1n) is 1.53. The average Bonchev–Trinajstić information content (AvgIpc) is 1.12. The van der Waals surface area contributed by atoms with Crippen molar-refractivity contribution in [2.75, 3.05) is 0 Å². The smallest absolute Gasteiger partial charge is 1.00 e. The van der Waals surface area contributed by atoms with Gasteiger partial charge in [-0.05, 0) is 0 Å². The normalized spacial score (nSPS) is 8.43. The summed E-state index contributed by atoms with van der Waals surface area (Å²) >= 11 is 0. The van der Waals surface area contributed by atoms with Crippen molar-refractivity contribution in [3.05, 3.63) is 0 Å². The molecule has 0 aliphatic carbocycles. The molecular weight excluding hydrogens is 310 g/mol. The zero-order chi connectivity index (χ0) is 9.00. The van der Waals surface area contributed by atoms with Crippen LogP contribution >= 0.6 is 15.6 Å². The van der Waals surface area contributed by atoms with Gasteiger partial charge in [0.25, 0.3) is 0 Å². The fourth-order valence-electron chi connectivity index (χ4n) is 0. The Hall–Kier alpha value is 4.15. The van der Waals surface area contributed by atoms with Crippen LogP contribution in [0.15, 0.2) is 0 Å². The van der Waals surface area contributed by atoms with E-state index in [0.29, 0.717) is 0 Å². The van der Waals surface area contributed by atoms with E-state index in [4.69, 9.17) is 38.5 Å². The number of hydrogen-bond acceptors (Lipinski definition) is 4. The minimum Gasteiger partial charge on any atom is -1.00 e. The Balaban J connectivity index is -0.0000000178. The van der Waals surface area contributed by atoms with Gasteiger partial charge in [0.1, 0.15) is 0 Å². The van der Waals surface area contributed by atoms with Crippen LogP contribution in [0.5, 0.6) is 0 Å². The van der Waals surface area contributed by atoms with Crippen molar-refractivity contribution in [2.24, 2.45) is 0 Å². The van der Waals surface area contributed by atoms with Crippen LogP contribution in [-0.4, -0.2) is 19.6 Å². The third kappa shape index (κ3) is 215. The molecule has 0 unspecified atom stereocenters. The predicted octanol–water partition coefficient (Wildman–Crippen LogP) is -15.1. The van der Waals surface area contributed by atoms with Gasteiger partial charge in [-0.15, -0.1) is 0 Å². The molecule has 0 aromatic rings. The first-order valence-corrected chi connectivity index (χ1v) is 4.59. The van der Waals surface area contributed by atoms with Gasteiger partial charge in [-0.2, -0.15) is 0 Å². The van der Waals surface area contributed by atoms with Gasteiger partial charge >= 0.3 is 118 Å². The van der Waals surface area contributed by atoms with Crippen molar-refractivity contribution in [1.82, 2.24) is 0 Å². The van der Waals surface area contributed by atoms with Crippen molar-refractivity contribution in [3.8, 4) is 0 Å². The molecule has 0 saturated carbocycles. The van der Waals surface area contributed by atoms with Crippen LogP contribution in [0.2, 0.25) is 0 Å². The predicted molar refractivity (Wildman–Crippen MR) is 24.1 cm³/mol. The molecular formula is H4ClKNa2O8P2. The van der Waals surface area contributed by atoms with E-state index in [1.54, 1.807) is 0 Å². The van der Waals surface area contributed by atoms with Crippen molar-refractivity contribution < 1.29 is 161 Å². The summed E-state index contributed by atoms with van der Waals surface area (Å²) in [6, 6.07) is 0. The molecule has 4 N–H and O–H groups in total. The maximum absolute atomic E-state index is 8.88. The Morgan fingerprint density at radius 3 is 0.857 bits per heavy atom. The van der Waals surface area contributed by atoms with Gasteiger partial charge in [-0.25, -0.2) is 4.57 Å². The maximum atomic E-state index is 8.88. The number of hydrogen-bond donors (Lipinski definition) is 4. The molecule has 0 fully saturated rings. The van der Waals surface area contributed by atoms with Gasteiger partial charge in [0.15, 0.2) is 0 Å². The third-order valence-electron chi connectivity index (χ3n) is 0. The van der Waals surface area contributed by atoms with E-state index >= 15 is 0 Å². The van der Waals surface area contributed by atoms with Crippen LogP contribution in [0.25, 0.3) is 0 Å². The quantitative estimate of drug-likeness (QED) is 0.253. The second kappa shape index (κ2) is 17.1. The fraction of sp³-hybridized carbons (Fsp3) is 0. The molecule has 8 nitrogen and oxygen atoms in total. The molecule has 0 heterocycles. The van der Waals surface area contributed by atoms with Gasteiger partial charge in [0, 0.05) is 0 Å². The molecule has 14 heavy (non-hydrogen) atoms. The van der Waals surface area contributed by atoms with Gasteiger partial charge in [0.05, 0.1) is 7.82 Å². The summed E-state index contributed by atoms with van der Waals surface area (Å²) in [5.41, 5.74) is 0. The second-order valence-corrected chi connectivity index (χ2v) is 2.95. The van der Waals surface area contributed by atoms with E-state index in [1.165, 1.54) is 0 Å². The molecule has 0 aliphatic rings. The molecule has 0 amide bonds. The largest absolute Gasteiger partial charge is 1.00 e. The molecule has 0 aromatic heterocycles. The van der Waals surface area contributed by atoms with E-state index in [-0.39, 0.29) is 123 Å². The molecule has 0 atom stereocenters. The van der Waals surface area contributed by atoms with E-state index in [9.17, 15) is 0 Å². The van der Waals surface area contributed by atoms with Crippen molar-refractivity contribution in [3.63, 3.8) is 0 Å². The maximum Gasteiger partial charge on any atom is 1.00 e. The summed E-state index contributed by atoms with van der Waals surface area (Å²) in [5.74, 6) is 0. The standard InChI is InChI=1S/ClH.K.2Na.2H3O4P/c;;;;2*1-5(2,3)4/h1H;;;;2*(H3,1,2,3,4)/q;3*+1;;/p-3. The van der Waals surface area contributed by atoms with Gasteiger partial charge in [0.2, 0.25) is 0 Å². The molecule has 14 heteroatoms. The Morgan fingerprint density at radius 2 is 0.857 bits per heavy atom. The van der Waals surface area contributed by atoms with Crippen LogP contribution in [0, 0.1) is 0 Å². The molecule has 0 saturated heterocycles. The van der Waals surface area contributed by atoms with E-state index in [0.717, 1.165) is 0 Å². The molecule has 0 aromatic carbocycles. The van der Waals surface area contributed by atoms with Gasteiger partial charge in [-0.3, -0.25) is 0 Å².